The van der Waals surface area contributed by atoms with Gasteiger partial charge in [0.05, 0.1) is 16.2 Å². The highest BCUT2D eigenvalue weighted by Crippen LogP contribution is 2.27. The van der Waals surface area contributed by atoms with Crippen LogP contribution in [0.15, 0.2) is 55.5 Å². The average Bonchev–Trinajstić information content (AvgIpc) is 2.75. The van der Waals surface area contributed by atoms with E-state index in [0.29, 0.717) is 11.3 Å². The lowest BCUT2D eigenvalue weighted by Crippen LogP contribution is -1.94. The van der Waals surface area contributed by atoms with Gasteiger partial charge in [-0.15, -0.1) is 0 Å². The van der Waals surface area contributed by atoms with E-state index in [-0.39, 0.29) is 0 Å². The molecule has 3 heterocycles. The van der Waals surface area contributed by atoms with Gasteiger partial charge in [0.2, 0.25) is 0 Å². The molecule has 144 valence electrons. The quantitative estimate of drug-likeness (QED) is 0.470. The van der Waals surface area contributed by atoms with Crippen LogP contribution in [0.1, 0.15) is 32.2 Å². The van der Waals surface area contributed by atoms with Crippen LogP contribution in [-0.2, 0) is 6.42 Å². The zero-order valence-corrected chi connectivity index (χ0v) is 17.1. The molecule has 0 spiro atoms. The molecule has 0 atom stereocenters. The summed E-state index contributed by atoms with van der Waals surface area (Å²) in [6.45, 7) is 9.87. The summed E-state index contributed by atoms with van der Waals surface area (Å²) >= 11 is 6.15. The Morgan fingerprint density at radius 3 is 2.57 bits per heavy atom. The molecule has 5 nitrogen and oxygen atoms in total. The summed E-state index contributed by atoms with van der Waals surface area (Å²) in [5.74, 6) is 0.426. The molecular formula is C22H24ClN5. The number of pyridine rings is 2. The maximum Gasteiger partial charge on any atom is 0.153 e. The number of hydrogen-bond acceptors (Lipinski definition) is 5. The lowest BCUT2D eigenvalue weighted by Gasteiger charge is -2.06. The van der Waals surface area contributed by atoms with Gasteiger partial charge in [-0.25, -0.2) is 9.97 Å². The minimum atomic E-state index is 0.426. The van der Waals surface area contributed by atoms with Gasteiger partial charge in [-0.05, 0) is 42.1 Å². The first-order chi connectivity index (χ1) is 13.6. The number of anilines is 1. The predicted molar refractivity (Wildman–Crippen MR) is 119 cm³/mol. The molecule has 4 aromatic rings. The lowest BCUT2D eigenvalue weighted by molar-refractivity contribution is 1.04. The third-order valence-corrected chi connectivity index (χ3v) is 4.18. The summed E-state index contributed by atoms with van der Waals surface area (Å²) in [4.78, 5) is 16.3. The molecule has 1 aromatic carbocycles. The lowest BCUT2D eigenvalue weighted by atomic mass is 10.1. The molecule has 0 amide bonds. The van der Waals surface area contributed by atoms with E-state index in [1.807, 2.05) is 38.1 Å². The Kier molecular flexibility index (Phi) is 7.84. The molecule has 2 N–H and O–H groups in total. The molecule has 0 radical (unpaired) electrons. The van der Waals surface area contributed by atoms with Crippen LogP contribution in [0.3, 0.4) is 0 Å². The van der Waals surface area contributed by atoms with Gasteiger partial charge in [-0.1, -0.05) is 51.1 Å². The fraction of sp³-hybridized carbons (Fsp3) is 0.182. The molecule has 28 heavy (non-hydrogen) atoms. The second-order valence-electron chi connectivity index (χ2n) is 5.52. The SMILES string of the molecule is C=Cc1nc(CC)cc2cccc(Cl)c12.CC.Nc1ncnc2cccnc12. The molecule has 0 fully saturated rings. The number of benzene rings is 1. The monoisotopic (exact) mass is 393 g/mol. The fourth-order valence-electron chi connectivity index (χ4n) is 2.60. The van der Waals surface area contributed by atoms with Gasteiger partial charge in [0.1, 0.15) is 11.8 Å². The van der Waals surface area contributed by atoms with Crippen LogP contribution in [0.4, 0.5) is 5.82 Å². The van der Waals surface area contributed by atoms with E-state index in [4.69, 9.17) is 17.3 Å². The molecular weight excluding hydrogens is 370 g/mol. The Hall–Kier alpha value is -3.05. The molecule has 6 heteroatoms. The van der Waals surface area contributed by atoms with Gasteiger partial charge >= 0.3 is 0 Å². The molecule has 0 unspecified atom stereocenters. The highest BCUT2D eigenvalue weighted by molar-refractivity contribution is 6.36. The normalized spacial score (nSPS) is 9.86. The minimum absolute atomic E-state index is 0.426. The summed E-state index contributed by atoms with van der Waals surface area (Å²) in [5, 5.41) is 2.85. The smallest absolute Gasteiger partial charge is 0.153 e. The largest absolute Gasteiger partial charge is 0.382 e. The van der Waals surface area contributed by atoms with Gasteiger partial charge in [-0.3, -0.25) is 9.97 Å². The Bertz CT molecular complexity index is 1070. The van der Waals surface area contributed by atoms with Crippen LogP contribution in [-0.4, -0.2) is 19.9 Å². The van der Waals surface area contributed by atoms with E-state index in [1.165, 1.54) is 6.33 Å². The fourth-order valence-corrected chi connectivity index (χ4v) is 2.87. The Labute approximate surface area is 170 Å². The van der Waals surface area contributed by atoms with Crippen molar-refractivity contribution in [2.75, 3.05) is 5.73 Å². The van der Waals surface area contributed by atoms with Crippen molar-refractivity contribution in [3.8, 4) is 0 Å². The van der Waals surface area contributed by atoms with Crippen LogP contribution in [0.2, 0.25) is 5.02 Å². The molecule has 4 rings (SSSR count). The van der Waals surface area contributed by atoms with E-state index in [2.05, 4.69) is 45.6 Å². The van der Waals surface area contributed by atoms with Crippen LogP contribution < -0.4 is 5.73 Å². The van der Waals surface area contributed by atoms with Crippen molar-refractivity contribution in [2.45, 2.75) is 27.2 Å². The van der Waals surface area contributed by atoms with E-state index in [0.717, 1.165) is 39.1 Å². The van der Waals surface area contributed by atoms with Crippen molar-refractivity contribution >= 4 is 45.3 Å². The Morgan fingerprint density at radius 1 is 1.11 bits per heavy atom. The average molecular weight is 394 g/mol. The number of aromatic nitrogens is 4. The molecule has 0 aliphatic carbocycles. The zero-order chi connectivity index (χ0) is 20.5. The Morgan fingerprint density at radius 2 is 1.89 bits per heavy atom. The van der Waals surface area contributed by atoms with Crippen LogP contribution in [0, 0.1) is 0 Å². The van der Waals surface area contributed by atoms with E-state index in [1.54, 1.807) is 12.3 Å². The van der Waals surface area contributed by atoms with Crippen molar-refractivity contribution in [2.24, 2.45) is 0 Å². The molecule has 0 bridgehead atoms. The number of aryl methyl sites for hydroxylation is 1. The van der Waals surface area contributed by atoms with Crippen LogP contribution >= 0.6 is 11.6 Å². The van der Waals surface area contributed by atoms with E-state index >= 15 is 0 Å². The molecule has 0 saturated carbocycles. The summed E-state index contributed by atoms with van der Waals surface area (Å²) in [6.07, 6.45) is 5.78. The first-order valence-corrected chi connectivity index (χ1v) is 9.53. The standard InChI is InChI=1S/C13H12ClN.C7H6N4.C2H6/c1-3-10-8-9-6-5-7-11(14)13(9)12(4-2)15-10;8-7-6-5(10-4-11-7)2-1-3-9-6;1-2/h4-8H,2-3H2,1H3;1-4H,(H2,8,10,11);1-2H3. The predicted octanol–water partition coefficient (Wildman–Crippen LogP) is 5.73. The number of hydrogen-bond donors (Lipinski definition) is 1. The van der Waals surface area contributed by atoms with Crippen molar-refractivity contribution in [3.05, 3.63) is 71.9 Å². The van der Waals surface area contributed by atoms with Gasteiger partial charge in [0, 0.05) is 17.3 Å². The molecule has 3 aromatic heterocycles. The maximum atomic E-state index is 6.15. The maximum absolute atomic E-state index is 6.15. The topological polar surface area (TPSA) is 77.6 Å². The van der Waals surface area contributed by atoms with Crippen molar-refractivity contribution < 1.29 is 0 Å². The van der Waals surface area contributed by atoms with E-state index in [9.17, 15) is 0 Å². The third-order valence-electron chi connectivity index (χ3n) is 3.87. The Balaban J connectivity index is 0.000000191. The highest BCUT2D eigenvalue weighted by atomic mass is 35.5. The van der Waals surface area contributed by atoms with Crippen molar-refractivity contribution in [3.63, 3.8) is 0 Å². The second kappa shape index (κ2) is 10.3. The third kappa shape index (κ3) is 4.81. The second-order valence-corrected chi connectivity index (χ2v) is 5.93. The summed E-state index contributed by atoms with van der Waals surface area (Å²) < 4.78 is 0. The van der Waals surface area contributed by atoms with Gasteiger partial charge in [-0.2, -0.15) is 0 Å². The molecule has 0 saturated heterocycles. The number of nitrogens with two attached hydrogens (primary N) is 1. The number of fused-ring (bicyclic) bond motifs is 2. The summed E-state index contributed by atoms with van der Waals surface area (Å²) in [7, 11) is 0. The van der Waals surface area contributed by atoms with Gasteiger partial charge in [0.15, 0.2) is 5.82 Å². The number of nitrogen functional groups attached to an aromatic ring is 1. The van der Waals surface area contributed by atoms with Crippen LogP contribution in [0.5, 0.6) is 0 Å². The van der Waals surface area contributed by atoms with Crippen molar-refractivity contribution in [1.29, 1.82) is 0 Å². The highest BCUT2D eigenvalue weighted by Gasteiger charge is 2.05. The van der Waals surface area contributed by atoms with Gasteiger partial charge in [0.25, 0.3) is 0 Å². The van der Waals surface area contributed by atoms with Crippen LogP contribution in [0.25, 0.3) is 27.9 Å². The summed E-state index contributed by atoms with van der Waals surface area (Å²) in [5.41, 5.74) is 8.92. The van der Waals surface area contributed by atoms with Gasteiger partial charge < -0.3 is 5.73 Å². The zero-order valence-electron chi connectivity index (χ0n) is 16.4. The molecule has 0 aliphatic heterocycles. The first-order valence-electron chi connectivity index (χ1n) is 9.15. The number of rotatable bonds is 2. The van der Waals surface area contributed by atoms with Crippen molar-refractivity contribution in [1.82, 2.24) is 19.9 Å². The van der Waals surface area contributed by atoms with E-state index < -0.39 is 0 Å². The number of nitrogens with zero attached hydrogens (tertiary/aromatic N) is 4. The minimum Gasteiger partial charge on any atom is -0.382 e. The number of halogens is 1. The molecule has 0 aliphatic rings. The first kappa shape index (κ1) is 21.3. The summed E-state index contributed by atoms with van der Waals surface area (Å²) in [6, 6.07) is 11.6.